The van der Waals surface area contributed by atoms with Crippen molar-refractivity contribution in [2.24, 2.45) is 7.05 Å². The molecule has 56 valence electrons. The minimum atomic E-state index is 1.24. The summed E-state index contributed by atoms with van der Waals surface area (Å²) in [4.78, 5) is 3.96. The van der Waals surface area contributed by atoms with E-state index in [0.717, 1.165) is 0 Å². The Morgan fingerprint density at radius 2 is 2.09 bits per heavy atom. The van der Waals surface area contributed by atoms with Crippen molar-refractivity contribution in [1.29, 1.82) is 0 Å². The molecule has 0 aromatic carbocycles. The molecule has 0 amide bonds. The van der Waals surface area contributed by atoms with Crippen molar-refractivity contribution in [3.05, 3.63) is 29.9 Å². The highest BCUT2D eigenvalue weighted by atomic mass is 32.1. The number of rotatable bonds is 1. The van der Waals surface area contributed by atoms with Gasteiger partial charge in [0.2, 0.25) is 0 Å². The van der Waals surface area contributed by atoms with E-state index in [9.17, 15) is 0 Å². The molecule has 0 N–H and O–H groups in total. The molecule has 0 fully saturated rings. The second kappa shape index (κ2) is 2.51. The smallest absolute Gasteiger partial charge is 0.0691 e. The molecule has 2 aromatic rings. The fourth-order valence-corrected chi connectivity index (χ4v) is 1.65. The SMILES string of the molecule is Cn1scc1-c1ccncc1. The second-order valence-corrected chi connectivity index (χ2v) is 3.34. The summed E-state index contributed by atoms with van der Waals surface area (Å²) < 4.78 is 2.13. The van der Waals surface area contributed by atoms with E-state index in [4.69, 9.17) is 0 Å². The van der Waals surface area contributed by atoms with Gasteiger partial charge in [0.15, 0.2) is 0 Å². The van der Waals surface area contributed by atoms with E-state index in [1.807, 2.05) is 24.5 Å². The van der Waals surface area contributed by atoms with Gasteiger partial charge in [0.1, 0.15) is 0 Å². The maximum atomic E-state index is 3.96. The Balaban J connectivity index is 2.43. The Bertz CT molecular complexity index is 334. The van der Waals surface area contributed by atoms with Gasteiger partial charge in [0.05, 0.1) is 5.69 Å². The van der Waals surface area contributed by atoms with Gasteiger partial charge in [-0.2, -0.15) is 0 Å². The summed E-state index contributed by atoms with van der Waals surface area (Å²) in [6, 6.07) is 4.03. The van der Waals surface area contributed by atoms with Crippen molar-refractivity contribution < 1.29 is 0 Å². The minimum absolute atomic E-state index is 1.24. The first-order valence-corrected chi connectivity index (χ1v) is 4.22. The highest BCUT2D eigenvalue weighted by Gasteiger charge is 2.01. The highest BCUT2D eigenvalue weighted by Crippen LogP contribution is 2.22. The third kappa shape index (κ3) is 1.07. The van der Waals surface area contributed by atoms with Crippen molar-refractivity contribution in [2.75, 3.05) is 0 Å². The predicted octanol–water partition coefficient (Wildman–Crippen LogP) is 2.15. The Hall–Kier alpha value is -1.09. The van der Waals surface area contributed by atoms with Crippen LogP contribution >= 0.6 is 11.5 Å². The minimum Gasteiger partial charge on any atom is -0.300 e. The Morgan fingerprint density at radius 1 is 1.36 bits per heavy atom. The molecular weight excluding hydrogens is 156 g/mol. The Morgan fingerprint density at radius 3 is 2.55 bits per heavy atom. The zero-order valence-electron chi connectivity index (χ0n) is 6.19. The molecule has 0 radical (unpaired) electrons. The first-order valence-electron chi connectivity index (χ1n) is 3.39. The van der Waals surface area contributed by atoms with Gasteiger partial charge in [-0.25, -0.2) is 0 Å². The summed E-state index contributed by atoms with van der Waals surface area (Å²) in [5, 5.41) is 2.13. The van der Waals surface area contributed by atoms with Crippen LogP contribution in [-0.2, 0) is 7.05 Å². The van der Waals surface area contributed by atoms with E-state index in [-0.39, 0.29) is 0 Å². The number of aryl methyl sites for hydroxylation is 1. The number of hydrogen-bond donors (Lipinski definition) is 0. The molecule has 0 aliphatic rings. The number of aromatic nitrogens is 2. The van der Waals surface area contributed by atoms with Crippen molar-refractivity contribution in [1.82, 2.24) is 8.94 Å². The average Bonchev–Trinajstić information content (AvgIpc) is 2.04. The van der Waals surface area contributed by atoms with E-state index in [0.29, 0.717) is 0 Å². The van der Waals surface area contributed by atoms with Crippen molar-refractivity contribution in [2.45, 2.75) is 0 Å². The van der Waals surface area contributed by atoms with Crippen LogP contribution in [0.2, 0.25) is 0 Å². The molecule has 0 bridgehead atoms. The fraction of sp³-hybridized carbons (Fsp3) is 0.125. The summed E-state index contributed by atoms with van der Waals surface area (Å²) in [6.45, 7) is 0. The van der Waals surface area contributed by atoms with Crippen LogP contribution < -0.4 is 0 Å². The van der Waals surface area contributed by atoms with Crippen molar-refractivity contribution in [3.8, 4) is 11.3 Å². The second-order valence-electron chi connectivity index (χ2n) is 2.34. The van der Waals surface area contributed by atoms with Gasteiger partial charge in [0, 0.05) is 30.4 Å². The number of hydrogen-bond acceptors (Lipinski definition) is 2. The maximum Gasteiger partial charge on any atom is 0.0691 e. The van der Waals surface area contributed by atoms with E-state index in [2.05, 4.69) is 21.4 Å². The molecule has 2 rings (SSSR count). The van der Waals surface area contributed by atoms with E-state index >= 15 is 0 Å². The van der Waals surface area contributed by atoms with Gasteiger partial charge in [-0.05, 0) is 12.1 Å². The monoisotopic (exact) mass is 164 g/mol. The molecule has 2 aromatic heterocycles. The van der Waals surface area contributed by atoms with Gasteiger partial charge >= 0.3 is 0 Å². The Labute approximate surface area is 69.3 Å². The Kier molecular flexibility index (Phi) is 1.51. The van der Waals surface area contributed by atoms with Crippen LogP contribution in [-0.4, -0.2) is 8.94 Å². The lowest BCUT2D eigenvalue weighted by Crippen LogP contribution is -1.94. The quantitative estimate of drug-likeness (QED) is 0.631. The molecule has 0 saturated carbocycles. The lowest BCUT2D eigenvalue weighted by molar-refractivity contribution is 1.02. The summed E-state index contributed by atoms with van der Waals surface area (Å²) >= 11 is 1.71. The van der Waals surface area contributed by atoms with Crippen LogP contribution in [0.4, 0.5) is 0 Å². The summed E-state index contributed by atoms with van der Waals surface area (Å²) in [7, 11) is 2.06. The molecule has 0 spiro atoms. The summed E-state index contributed by atoms with van der Waals surface area (Å²) in [5.74, 6) is 0. The number of nitrogens with zero attached hydrogens (tertiary/aromatic N) is 2. The summed E-state index contributed by atoms with van der Waals surface area (Å²) in [6.07, 6.45) is 3.62. The molecule has 0 aliphatic carbocycles. The standard InChI is InChI=1S/C8H8N2S/c1-10-8(6-11-10)7-2-4-9-5-3-7/h2-6H,1H3. The number of pyridine rings is 1. The molecule has 0 unspecified atom stereocenters. The maximum absolute atomic E-state index is 3.96. The third-order valence-electron chi connectivity index (χ3n) is 1.64. The average molecular weight is 164 g/mol. The van der Waals surface area contributed by atoms with E-state index in [1.54, 1.807) is 11.5 Å². The zero-order chi connectivity index (χ0) is 7.68. The van der Waals surface area contributed by atoms with Gasteiger partial charge < -0.3 is 0 Å². The van der Waals surface area contributed by atoms with Gasteiger partial charge in [-0.15, -0.1) is 0 Å². The highest BCUT2D eigenvalue weighted by molar-refractivity contribution is 7.06. The van der Waals surface area contributed by atoms with E-state index < -0.39 is 0 Å². The van der Waals surface area contributed by atoms with Crippen LogP contribution in [0, 0.1) is 0 Å². The van der Waals surface area contributed by atoms with Crippen LogP contribution in [0.3, 0.4) is 0 Å². The summed E-state index contributed by atoms with van der Waals surface area (Å²) in [5.41, 5.74) is 2.51. The molecular formula is C8H8N2S. The predicted molar refractivity (Wildman–Crippen MR) is 46.5 cm³/mol. The van der Waals surface area contributed by atoms with E-state index in [1.165, 1.54) is 11.3 Å². The third-order valence-corrected chi connectivity index (χ3v) is 2.48. The van der Waals surface area contributed by atoms with Crippen molar-refractivity contribution >= 4 is 11.5 Å². The molecule has 2 heterocycles. The lowest BCUT2D eigenvalue weighted by atomic mass is 10.2. The van der Waals surface area contributed by atoms with Crippen molar-refractivity contribution in [3.63, 3.8) is 0 Å². The molecule has 0 atom stereocenters. The topological polar surface area (TPSA) is 17.8 Å². The molecule has 2 nitrogen and oxygen atoms in total. The largest absolute Gasteiger partial charge is 0.300 e. The normalized spacial score (nSPS) is 10.3. The van der Waals surface area contributed by atoms with Crippen LogP contribution in [0.1, 0.15) is 0 Å². The lowest BCUT2D eigenvalue weighted by Gasteiger charge is -2.09. The zero-order valence-corrected chi connectivity index (χ0v) is 7.01. The molecule has 0 aliphatic heterocycles. The molecule has 3 heteroatoms. The molecule has 11 heavy (non-hydrogen) atoms. The van der Waals surface area contributed by atoms with Gasteiger partial charge in [0.25, 0.3) is 0 Å². The first kappa shape index (κ1) is 6.61. The first-order chi connectivity index (χ1) is 5.38. The van der Waals surface area contributed by atoms with Gasteiger partial charge in [-0.3, -0.25) is 8.94 Å². The van der Waals surface area contributed by atoms with Crippen LogP contribution in [0.15, 0.2) is 29.9 Å². The van der Waals surface area contributed by atoms with Crippen LogP contribution in [0.25, 0.3) is 11.3 Å². The van der Waals surface area contributed by atoms with Crippen LogP contribution in [0.5, 0.6) is 0 Å². The van der Waals surface area contributed by atoms with Gasteiger partial charge in [-0.1, -0.05) is 11.5 Å². The fourth-order valence-electron chi connectivity index (χ4n) is 0.983. The molecule has 0 saturated heterocycles.